The molecule has 3 rings (SSSR count). The lowest BCUT2D eigenvalue weighted by atomic mass is 9.92. The van der Waals surface area contributed by atoms with Crippen LogP contribution in [-0.2, 0) is 14.9 Å². The Morgan fingerprint density at radius 3 is 2.25 bits per heavy atom. The molecule has 0 aliphatic carbocycles. The third-order valence-corrected chi connectivity index (χ3v) is 8.72. The fraction of sp³-hybridized carbons (Fsp3) is 0.292. The molecule has 2 unspecified atom stereocenters. The number of nitro groups is 2. The van der Waals surface area contributed by atoms with E-state index >= 15 is 0 Å². The van der Waals surface area contributed by atoms with Crippen LogP contribution in [0.5, 0.6) is 5.75 Å². The zero-order valence-corrected chi connectivity index (χ0v) is 20.9. The number of nitro benzene ring substituents is 2. The van der Waals surface area contributed by atoms with Gasteiger partial charge in [0.05, 0.1) is 9.85 Å². The number of hydrogen-bond acceptors (Lipinski definition) is 9. The second-order valence-electron chi connectivity index (χ2n) is 7.99. The Labute approximate surface area is 212 Å². The number of carbonyl (C=O) groups is 1. The Morgan fingerprint density at radius 1 is 0.972 bits per heavy atom. The van der Waals surface area contributed by atoms with Crippen molar-refractivity contribution in [2.75, 3.05) is 5.75 Å². The summed E-state index contributed by atoms with van der Waals surface area (Å²) in [5, 5.41) is 22.7. The van der Waals surface area contributed by atoms with E-state index in [4.69, 9.17) is 4.18 Å². The summed E-state index contributed by atoms with van der Waals surface area (Å²) < 4.78 is 29.6. The molecule has 0 spiro atoms. The van der Waals surface area contributed by atoms with E-state index in [2.05, 4.69) is 0 Å². The summed E-state index contributed by atoms with van der Waals surface area (Å²) >= 11 is 0.938. The average molecular weight is 533 g/mol. The molecular formula is C24H24N2O8S2. The number of non-ortho nitro benzene ring substituents is 2. The van der Waals surface area contributed by atoms with E-state index in [0.717, 1.165) is 30.2 Å². The van der Waals surface area contributed by atoms with Crippen molar-refractivity contribution in [2.45, 2.75) is 36.7 Å². The molecule has 0 saturated carbocycles. The van der Waals surface area contributed by atoms with Crippen molar-refractivity contribution in [3.05, 3.63) is 86.5 Å². The maximum absolute atomic E-state index is 12.9. The molecule has 0 aliphatic rings. The Morgan fingerprint density at radius 2 is 1.64 bits per heavy atom. The number of hydrogen-bond donors (Lipinski definition) is 0. The summed E-state index contributed by atoms with van der Waals surface area (Å²) in [6.07, 6.45) is 2.55. The van der Waals surface area contributed by atoms with E-state index in [-0.39, 0.29) is 23.0 Å². The Kier molecular flexibility index (Phi) is 8.99. The summed E-state index contributed by atoms with van der Waals surface area (Å²) in [4.78, 5) is 32.6. The van der Waals surface area contributed by atoms with Gasteiger partial charge in [0.1, 0.15) is 5.75 Å². The van der Waals surface area contributed by atoms with Gasteiger partial charge >= 0.3 is 10.1 Å². The standard InChI is InChI=1S/C24H24N2O8S2/c1-2-4-17(18-7-9-20(10-8-18)25(28)29)13-14-35-24(16-27)36(32,33)34-23-6-3-5-19-15-21(26(30)31)11-12-22(19)23/h3,5-12,15-17,24H,2,4,13-14H2,1H3. The number of benzene rings is 3. The minimum absolute atomic E-state index is 0.00400. The summed E-state index contributed by atoms with van der Waals surface area (Å²) in [6, 6.07) is 14.8. The highest BCUT2D eigenvalue weighted by atomic mass is 32.3. The Hall–Kier alpha value is -3.51. The molecular weight excluding hydrogens is 508 g/mol. The van der Waals surface area contributed by atoms with E-state index in [1.165, 1.54) is 42.5 Å². The van der Waals surface area contributed by atoms with E-state index in [9.17, 15) is 33.4 Å². The van der Waals surface area contributed by atoms with Crippen LogP contribution in [0.1, 0.15) is 37.7 Å². The third-order valence-electron chi connectivity index (χ3n) is 5.60. The summed E-state index contributed by atoms with van der Waals surface area (Å²) in [7, 11) is -4.35. The molecule has 0 aromatic heterocycles. The lowest BCUT2D eigenvalue weighted by Gasteiger charge is -2.18. The van der Waals surface area contributed by atoms with Gasteiger partial charge in [-0.3, -0.25) is 20.2 Å². The quantitative estimate of drug-likeness (QED) is 0.119. The normalized spacial score (nSPS) is 13.1. The molecule has 190 valence electrons. The fourth-order valence-corrected chi connectivity index (χ4v) is 6.24. The number of thioether (sulfide) groups is 1. The van der Waals surface area contributed by atoms with E-state index < -0.39 is 24.5 Å². The first-order valence-corrected chi connectivity index (χ1v) is 13.6. The van der Waals surface area contributed by atoms with Crippen LogP contribution in [0, 0.1) is 20.2 Å². The van der Waals surface area contributed by atoms with E-state index in [1.807, 2.05) is 6.92 Å². The lowest BCUT2D eigenvalue weighted by molar-refractivity contribution is -0.385. The van der Waals surface area contributed by atoms with Gasteiger partial charge in [-0.1, -0.05) is 37.6 Å². The monoisotopic (exact) mass is 532 g/mol. The molecule has 0 bridgehead atoms. The van der Waals surface area contributed by atoms with Crippen molar-refractivity contribution in [1.82, 2.24) is 0 Å². The maximum Gasteiger partial charge on any atom is 0.328 e. The number of carbonyl (C=O) groups excluding carboxylic acids is 1. The van der Waals surface area contributed by atoms with Crippen molar-refractivity contribution < 1.29 is 27.2 Å². The first kappa shape index (κ1) is 27.1. The van der Waals surface area contributed by atoms with Crippen LogP contribution in [0.4, 0.5) is 11.4 Å². The summed E-state index contributed by atoms with van der Waals surface area (Å²) in [5.41, 5.74) is 0.767. The minimum Gasteiger partial charge on any atom is -0.381 e. The van der Waals surface area contributed by atoms with Gasteiger partial charge in [0.15, 0.2) is 10.9 Å². The van der Waals surface area contributed by atoms with Crippen molar-refractivity contribution in [3.8, 4) is 5.75 Å². The molecule has 0 fully saturated rings. The second kappa shape index (κ2) is 12.0. The van der Waals surface area contributed by atoms with E-state index in [0.29, 0.717) is 29.2 Å². The molecule has 12 heteroatoms. The Bertz CT molecular complexity index is 1360. The minimum atomic E-state index is -4.35. The molecule has 10 nitrogen and oxygen atoms in total. The van der Waals surface area contributed by atoms with Crippen molar-refractivity contribution >= 4 is 50.3 Å². The lowest BCUT2D eigenvalue weighted by Crippen LogP contribution is -2.25. The van der Waals surface area contributed by atoms with Crippen LogP contribution < -0.4 is 4.18 Å². The predicted molar refractivity (Wildman–Crippen MR) is 138 cm³/mol. The average Bonchev–Trinajstić information content (AvgIpc) is 2.85. The van der Waals surface area contributed by atoms with Crippen LogP contribution >= 0.6 is 11.8 Å². The molecule has 36 heavy (non-hydrogen) atoms. The van der Waals surface area contributed by atoms with Gasteiger partial charge < -0.3 is 8.98 Å². The van der Waals surface area contributed by atoms with Crippen LogP contribution in [0.25, 0.3) is 10.8 Å². The summed E-state index contributed by atoms with van der Waals surface area (Å²) in [5.74, 6) is 0.368. The highest BCUT2D eigenvalue weighted by Gasteiger charge is 2.29. The molecule has 0 radical (unpaired) electrons. The topological polar surface area (TPSA) is 147 Å². The van der Waals surface area contributed by atoms with Gasteiger partial charge in [-0.15, -0.1) is 11.8 Å². The highest BCUT2D eigenvalue weighted by Crippen LogP contribution is 2.33. The zero-order chi connectivity index (χ0) is 26.3. The predicted octanol–water partition coefficient (Wildman–Crippen LogP) is 5.60. The maximum atomic E-state index is 12.9. The van der Waals surface area contributed by atoms with Crippen LogP contribution in [0.2, 0.25) is 0 Å². The fourth-order valence-electron chi connectivity index (χ4n) is 3.81. The molecule has 2 atom stereocenters. The Balaban J connectivity index is 1.71. The zero-order valence-electron chi connectivity index (χ0n) is 19.3. The highest BCUT2D eigenvalue weighted by molar-refractivity contribution is 8.13. The van der Waals surface area contributed by atoms with Crippen molar-refractivity contribution in [1.29, 1.82) is 0 Å². The first-order valence-electron chi connectivity index (χ1n) is 11.1. The smallest absolute Gasteiger partial charge is 0.328 e. The largest absolute Gasteiger partial charge is 0.381 e. The summed E-state index contributed by atoms with van der Waals surface area (Å²) in [6.45, 7) is 2.01. The second-order valence-corrected chi connectivity index (χ2v) is 11.2. The van der Waals surface area contributed by atoms with Crippen molar-refractivity contribution in [3.63, 3.8) is 0 Å². The number of fused-ring (bicyclic) bond motifs is 1. The molecule has 3 aromatic carbocycles. The van der Waals surface area contributed by atoms with Crippen LogP contribution in [0.15, 0.2) is 60.7 Å². The molecule has 0 amide bonds. The molecule has 0 aliphatic heterocycles. The third kappa shape index (κ3) is 6.58. The van der Waals surface area contributed by atoms with Gasteiger partial charge in [0.25, 0.3) is 11.4 Å². The van der Waals surface area contributed by atoms with E-state index in [1.54, 1.807) is 18.2 Å². The van der Waals surface area contributed by atoms with Gasteiger partial charge in [0, 0.05) is 29.7 Å². The number of aldehydes is 1. The number of nitrogens with zero attached hydrogens (tertiary/aromatic N) is 2. The van der Waals surface area contributed by atoms with Crippen LogP contribution in [-0.4, -0.2) is 34.9 Å². The van der Waals surface area contributed by atoms with Crippen molar-refractivity contribution in [2.24, 2.45) is 0 Å². The van der Waals surface area contributed by atoms with Gasteiger partial charge in [-0.05, 0) is 47.6 Å². The van der Waals surface area contributed by atoms with Gasteiger partial charge in [-0.25, -0.2) is 0 Å². The number of rotatable bonds is 13. The molecule has 0 heterocycles. The van der Waals surface area contributed by atoms with Crippen LogP contribution in [0.3, 0.4) is 0 Å². The molecule has 0 saturated heterocycles. The molecule has 3 aromatic rings. The van der Waals surface area contributed by atoms with Gasteiger partial charge in [-0.2, -0.15) is 8.42 Å². The SMILES string of the molecule is CCCC(CCSC(C=O)S(=O)(=O)Oc1cccc2cc([N+](=O)[O-])ccc12)c1ccc([N+](=O)[O-])cc1. The molecule has 0 N–H and O–H groups in total. The first-order chi connectivity index (χ1) is 17.2. The van der Waals surface area contributed by atoms with Gasteiger partial charge in [0.2, 0.25) is 0 Å².